The van der Waals surface area contributed by atoms with Crippen LogP contribution in [0.4, 0.5) is 0 Å². The second-order valence-electron chi connectivity index (χ2n) is 6.78. The van der Waals surface area contributed by atoms with E-state index in [1.807, 2.05) is 36.7 Å². The molecule has 0 unspecified atom stereocenters. The molecule has 2 heterocycles. The molecule has 0 aliphatic heterocycles. The number of hydrogen-bond acceptors (Lipinski definition) is 5. The van der Waals surface area contributed by atoms with Gasteiger partial charge in [0.25, 0.3) is 0 Å². The molecule has 0 radical (unpaired) electrons. The number of nitrogens with zero attached hydrogens (tertiary/aromatic N) is 2. The number of fused-ring (bicyclic) bond motifs is 2. The molecule has 2 aromatic heterocycles. The lowest BCUT2D eigenvalue weighted by Gasteiger charge is -2.11. The molecular weight excluding hydrogens is 380 g/mol. The monoisotopic (exact) mass is 404 g/mol. The molecule has 0 amide bonds. The molecule has 0 fully saturated rings. The SMILES string of the molecule is CCCOc1ccc2c(Sc3ccnc4cc(OCCC)ccc34)ccnc2c1. The molecule has 0 atom stereocenters. The van der Waals surface area contributed by atoms with E-state index < -0.39 is 0 Å². The maximum atomic E-state index is 5.75. The summed E-state index contributed by atoms with van der Waals surface area (Å²) >= 11 is 1.73. The second kappa shape index (κ2) is 9.14. The van der Waals surface area contributed by atoms with E-state index in [0.29, 0.717) is 13.2 Å². The summed E-state index contributed by atoms with van der Waals surface area (Å²) in [7, 11) is 0. The molecule has 29 heavy (non-hydrogen) atoms. The molecule has 0 aliphatic rings. The number of hydrogen-bond donors (Lipinski definition) is 0. The maximum Gasteiger partial charge on any atom is 0.121 e. The van der Waals surface area contributed by atoms with Crippen LogP contribution in [0, 0.1) is 0 Å². The molecule has 0 saturated carbocycles. The number of aromatic nitrogens is 2. The number of rotatable bonds is 8. The van der Waals surface area contributed by atoms with Gasteiger partial charge < -0.3 is 9.47 Å². The van der Waals surface area contributed by atoms with E-state index in [1.165, 1.54) is 0 Å². The fourth-order valence-electron chi connectivity index (χ4n) is 3.12. The summed E-state index contributed by atoms with van der Waals surface area (Å²) in [6.45, 7) is 5.64. The number of ether oxygens (including phenoxy) is 2. The lowest BCUT2D eigenvalue weighted by Crippen LogP contribution is -1.95. The first kappa shape index (κ1) is 19.5. The van der Waals surface area contributed by atoms with Crippen molar-refractivity contribution in [2.45, 2.75) is 36.5 Å². The summed E-state index contributed by atoms with van der Waals surface area (Å²) in [5.41, 5.74) is 1.88. The van der Waals surface area contributed by atoms with E-state index >= 15 is 0 Å². The van der Waals surface area contributed by atoms with Gasteiger partial charge >= 0.3 is 0 Å². The van der Waals surface area contributed by atoms with Gasteiger partial charge in [-0.25, -0.2) is 0 Å². The van der Waals surface area contributed by atoms with Crippen molar-refractivity contribution < 1.29 is 9.47 Å². The molecule has 0 bridgehead atoms. The summed E-state index contributed by atoms with van der Waals surface area (Å²) in [6, 6.07) is 16.4. The van der Waals surface area contributed by atoms with Gasteiger partial charge in [-0.05, 0) is 49.2 Å². The first-order valence-electron chi connectivity index (χ1n) is 9.99. The third kappa shape index (κ3) is 4.46. The Morgan fingerprint density at radius 3 is 1.62 bits per heavy atom. The van der Waals surface area contributed by atoms with Gasteiger partial charge in [0.15, 0.2) is 0 Å². The van der Waals surface area contributed by atoms with E-state index in [4.69, 9.17) is 9.47 Å². The van der Waals surface area contributed by atoms with E-state index in [0.717, 1.165) is 55.9 Å². The molecule has 0 saturated heterocycles. The van der Waals surface area contributed by atoms with Gasteiger partial charge in [-0.3, -0.25) is 9.97 Å². The van der Waals surface area contributed by atoms with Crippen LogP contribution >= 0.6 is 11.8 Å². The van der Waals surface area contributed by atoms with Crippen LogP contribution in [0.15, 0.2) is 70.7 Å². The minimum Gasteiger partial charge on any atom is -0.494 e. The molecule has 2 aromatic carbocycles. The lowest BCUT2D eigenvalue weighted by atomic mass is 10.2. The van der Waals surface area contributed by atoms with Crippen LogP contribution in [-0.2, 0) is 0 Å². The Balaban J connectivity index is 1.66. The van der Waals surface area contributed by atoms with Crippen LogP contribution in [-0.4, -0.2) is 23.2 Å². The predicted molar refractivity (Wildman–Crippen MR) is 119 cm³/mol. The van der Waals surface area contributed by atoms with Crippen molar-refractivity contribution in [3.8, 4) is 11.5 Å². The zero-order valence-electron chi connectivity index (χ0n) is 16.7. The molecule has 0 N–H and O–H groups in total. The van der Waals surface area contributed by atoms with Crippen molar-refractivity contribution in [1.82, 2.24) is 9.97 Å². The van der Waals surface area contributed by atoms with Gasteiger partial charge in [-0.15, -0.1) is 0 Å². The average Bonchev–Trinajstić information content (AvgIpc) is 2.76. The third-order valence-electron chi connectivity index (χ3n) is 4.51. The smallest absolute Gasteiger partial charge is 0.121 e. The highest BCUT2D eigenvalue weighted by Crippen LogP contribution is 2.37. The quantitative estimate of drug-likeness (QED) is 0.335. The minimum absolute atomic E-state index is 0.715. The highest BCUT2D eigenvalue weighted by Gasteiger charge is 2.09. The highest BCUT2D eigenvalue weighted by atomic mass is 32.2. The first-order chi connectivity index (χ1) is 14.3. The Hall–Kier alpha value is -2.79. The van der Waals surface area contributed by atoms with Gasteiger partial charge in [0.1, 0.15) is 11.5 Å². The summed E-state index contributed by atoms with van der Waals surface area (Å²) in [5, 5.41) is 2.24. The van der Waals surface area contributed by atoms with Gasteiger partial charge in [0.2, 0.25) is 0 Å². The zero-order chi connectivity index (χ0) is 20.1. The first-order valence-corrected chi connectivity index (χ1v) is 10.8. The Morgan fingerprint density at radius 2 is 1.17 bits per heavy atom. The molecule has 4 nitrogen and oxygen atoms in total. The van der Waals surface area contributed by atoms with E-state index in [-0.39, 0.29) is 0 Å². The van der Waals surface area contributed by atoms with Gasteiger partial charge in [-0.2, -0.15) is 0 Å². The van der Waals surface area contributed by atoms with Gasteiger partial charge in [0, 0.05) is 45.1 Å². The van der Waals surface area contributed by atoms with Crippen LogP contribution in [0.1, 0.15) is 26.7 Å². The van der Waals surface area contributed by atoms with Crippen LogP contribution in [0.5, 0.6) is 11.5 Å². The standard InChI is InChI=1S/C24H24N2O2S/c1-3-13-27-17-5-7-19-21(15-17)25-11-9-23(19)29-24-10-12-26-22-16-18(28-14-4-2)6-8-20(22)24/h5-12,15-16H,3-4,13-14H2,1-2H3. The highest BCUT2D eigenvalue weighted by molar-refractivity contribution is 7.99. The van der Waals surface area contributed by atoms with Crippen molar-refractivity contribution in [3.05, 3.63) is 60.9 Å². The molecular formula is C24H24N2O2S. The van der Waals surface area contributed by atoms with E-state index in [2.05, 4.69) is 48.1 Å². The van der Waals surface area contributed by atoms with E-state index in [9.17, 15) is 0 Å². The summed E-state index contributed by atoms with van der Waals surface area (Å²) in [5.74, 6) is 1.73. The molecule has 0 spiro atoms. The van der Waals surface area contributed by atoms with Crippen LogP contribution in [0.3, 0.4) is 0 Å². The largest absolute Gasteiger partial charge is 0.494 e. The Bertz CT molecular complexity index is 1040. The average molecular weight is 405 g/mol. The van der Waals surface area contributed by atoms with Crippen LogP contribution in [0.2, 0.25) is 0 Å². The van der Waals surface area contributed by atoms with Gasteiger partial charge in [0.05, 0.1) is 24.2 Å². The Kier molecular flexibility index (Phi) is 6.15. The second-order valence-corrected chi connectivity index (χ2v) is 7.86. The van der Waals surface area contributed by atoms with Crippen molar-refractivity contribution >= 4 is 33.6 Å². The zero-order valence-corrected chi connectivity index (χ0v) is 17.5. The summed E-state index contributed by atoms with van der Waals surface area (Å²) in [4.78, 5) is 11.4. The topological polar surface area (TPSA) is 44.2 Å². The third-order valence-corrected chi connectivity index (χ3v) is 5.67. The normalized spacial score (nSPS) is 11.1. The lowest BCUT2D eigenvalue weighted by molar-refractivity contribution is 0.317. The van der Waals surface area contributed by atoms with Crippen molar-refractivity contribution in [2.24, 2.45) is 0 Å². The molecule has 148 valence electrons. The molecule has 4 aromatic rings. The summed E-state index contributed by atoms with van der Waals surface area (Å²) < 4.78 is 11.5. The maximum absolute atomic E-state index is 5.75. The molecule has 5 heteroatoms. The minimum atomic E-state index is 0.715. The number of benzene rings is 2. The molecule has 0 aliphatic carbocycles. The fourth-order valence-corrected chi connectivity index (χ4v) is 4.18. The summed E-state index contributed by atoms with van der Waals surface area (Å²) in [6.07, 6.45) is 5.69. The molecule has 4 rings (SSSR count). The fraction of sp³-hybridized carbons (Fsp3) is 0.250. The van der Waals surface area contributed by atoms with Crippen molar-refractivity contribution in [2.75, 3.05) is 13.2 Å². The predicted octanol–water partition coefficient (Wildman–Crippen LogP) is 6.51. The van der Waals surface area contributed by atoms with E-state index in [1.54, 1.807) is 11.8 Å². The number of pyridine rings is 2. The Labute approximate surface area is 175 Å². The van der Waals surface area contributed by atoms with Crippen LogP contribution in [0.25, 0.3) is 21.8 Å². The van der Waals surface area contributed by atoms with Crippen LogP contribution < -0.4 is 9.47 Å². The van der Waals surface area contributed by atoms with Gasteiger partial charge in [-0.1, -0.05) is 25.6 Å². The van der Waals surface area contributed by atoms with Crippen molar-refractivity contribution in [1.29, 1.82) is 0 Å². The van der Waals surface area contributed by atoms with Crippen molar-refractivity contribution in [3.63, 3.8) is 0 Å². The Morgan fingerprint density at radius 1 is 0.690 bits per heavy atom.